The van der Waals surface area contributed by atoms with Gasteiger partial charge in [0.2, 0.25) is 5.91 Å². The van der Waals surface area contributed by atoms with E-state index in [0.717, 1.165) is 38.8 Å². The number of hydrogen-bond acceptors (Lipinski definition) is 3. The van der Waals surface area contributed by atoms with Gasteiger partial charge in [-0.05, 0) is 60.9 Å². The Morgan fingerprint density at radius 2 is 2.09 bits per heavy atom. The summed E-state index contributed by atoms with van der Waals surface area (Å²) in [5.41, 5.74) is 7.35. The lowest BCUT2D eigenvalue weighted by molar-refractivity contribution is -0.132. The number of nitrogens with zero attached hydrogens (tertiary/aromatic N) is 1. The second-order valence-corrected chi connectivity index (χ2v) is 7.60. The summed E-state index contributed by atoms with van der Waals surface area (Å²) in [5, 5.41) is 3.59. The largest absolute Gasteiger partial charge is 0.343 e. The predicted octanol–water partition coefficient (Wildman–Crippen LogP) is 3.81. The topological polar surface area (TPSA) is 46.3 Å². The fourth-order valence-electron chi connectivity index (χ4n) is 3.49. The van der Waals surface area contributed by atoms with Gasteiger partial charge in [-0.1, -0.05) is 18.2 Å². The molecule has 1 aromatic heterocycles. The number of piperidine rings is 1. The first-order valence-electron chi connectivity index (χ1n) is 8.63. The van der Waals surface area contributed by atoms with Gasteiger partial charge in [-0.15, -0.1) is 11.3 Å². The van der Waals surface area contributed by atoms with Crippen molar-refractivity contribution in [1.29, 1.82) is 0 Å². The molecule has 4 heteroatoms. The average molecular weight is 330 g/mol. The summed E-state index contributed by atoms with van der Waals surface area (Å²) in [6.45, 7) is 3.84. The third kappa shape index (κ3) is 3.93. The molecule has 2 N–H and O–H groups in total. The number of rotatable bonds is 5. The van der Waals surface area contributed by atoms with Gasteiger partial charge in [0.1, 0.15) is 0 Å². The van der Waals surface area contributed by atoms with Crippen molar-refractivity contribution in [2.75, 3.05) is 13.1 Å². The first-order chi connectivity index (χ1) is 11.1. The Kier molecular flexibility index (Phi) is 5.34. The highest BCUT2D eigenvalue weighted by Crippen LogP contribution is 2.27. The van der Waals surface area contributed by atoms with E-state index in [9.17, 15) is 4.79 Å². The van der Waals surface area contributed by atoms with E-state index >= 15 is 0 Å². The highest BCUT2D eigenvalue weighted by molar-refractivity contribution is 7.17. The lowest BCUT2D eigenvalue weighted by atomic mass is 9.91. The molecule has 2 heterocycles. The summed E-state index contributed by atoms with van der Waals surface area (Å²) in [6, 6.07) is 8.77. The van der Waals surface area contributed by atoms with Gasteiger partial charge in [-0.2, -0.15) is 0 Å². The highest BCUT2D eigenvalue weighted by atomic mass is 32.1. The second-order valence-electron chi connectivity index (χ2n) is 6.69. The van der Waals surface area contributed by atoms with Gasteiger partial charge in [0.15, 0.2) is 0 Å². The standard InChI is InChI=1S/C19H26N2OS/c1-14(20)15-9-11-21(12-10-15)19(22)8-4-5-16-13-23-18-7-3-2-6-17(16)18/h2-3,6-7,13-15H,4-5,8-12,20H2,1H3. The SMILES string of the molecule is CC(N)C1CCN(C(=O)CCCc2csc3ccccc23)CC1. The van der Waals surface area contributed by atoms with Gasteiger partial charge < -0.3 is 10.6 Å². The molecule has 2 aromatic rings. The van der Waals surface area contributed by atoms with Gasteiger partial charge in [-0.25, -0.2) is 0 Å². The minimum Gasteiger partial charge on any atom is -0.343 e. The van der Waals surface area contributed by atoms with Crippen LogP contribution in [0.25, 0.3) is 10.1 Å². The van der Waals surface area contributed by atoms with Crippen LogP contribution in [0.4, 0.5) is 0 Å². The Bertz CT molecular complexity index is 656. The van der Waals surface area contributed by atoms with Crippen molar-refractivity contribution >= 4 is 27.3 Å². The maximum atomic E-state index is 12.4. The van der Waals surface area contributed by atoms with Gasteiger partial charge in [-0.3, -0.25) is 4.79 Å². The first kappa shape index (κ1) is 16.5. The monoisotopic (exact) mass is 330 g/mol. The van der Waals surface area contributed by atoms with Crippen LogP contribution in [-0.2, 0) is 11.2 Å². The molecule has 1 unspecified atom stereocenters. The number of amides is 1. The van der Waals surface area contributed by atoms with Crippen LogP contribution in [-0.4, -0.2) is 29.9 Å². The van der Waals surface area contributed by atoms with Crippen molar-refractivity contribution in [2.24, 2.45) is 11.7 Å². The molecule has 0 radical (unpaired) electrons. The normalized spacial score (nSPS) is 17.6. The third-order valence-corrected chi connectivity index (χ3v) is 6.05. The van der Waals surface area contributed by atoms with E-state index in [1.807, 2.05) is 4.90 Å². The van der Waals surface area contributed by atoms with E-state index in [1.165, 1.54) is 15.6 Å². The third-order valence-electron chi connectivity index (χ3n) is 5.03. The molecule has 0 aliphatic carbocycles. The fourth-order valence-corrected chi connectivity index (χ4v) is 4.49. The Balaban J connectivity index is 1.46. The van der Waals surface area contributed by atoms with Gasteiger partial charge in [0.05, 0.1) is 0 Å². The van der Waals surface area contributed by atoms with Gasteiger partial charge >= 0.3 is 0 Å². The first-order valence-corrected chi connectivity index (χ1v) is 9.51. The molecule has 124 valence electrons. The number of aryl methyl sites for hydroxylation is 1. The summed E-state index contributed by atoms with van der Waals surface area (Å²) in [6.07, 6.45) is 4.70. The molecule has 1 amide bonds. The summed E-state index contributed by atoms with van der Waals surface area (Å²) >= 11 is 1.80. The number of fused-ring (bicyclic) bond motifs is 1. The van der Waals surface area contributed by atoms with E-state index in [4.69, 9.17) is 5.73 Å². The van der Waals surface area contributed by atoms with Crippen LogP contribution in [0.3, 0.4) is 0 Å². The lowest BCUT2D eigenvalue weighted by Crippen LogP contribution is -2.42. The van der Waals surface area contributed by atoms with Crippen LogP contribution in [0.1, 0.15) is 38.2 Å². The van der Waals surface area contributed by atoms with Crippen molar-refractivity contribution in [1.82, 2.24) is 4.90 Å². The quantitative estimate of drug-likeness (QED) is 0.906. The van der Waals surface area contributed by atoms with E-state index in [0.29, 0.717) is 18.2 Å². The van der Waals surface area contributed by atoms with Crippen LogP contribution < -0.4 is 5.73 Å². The number of carbonyl (C=O) groups is 1. The van der Waals surface area contributed by atoms with E-state index in [2.05, 4.69) is 36.6 Å². The van der Waals surface area contributed by atoms with Crippen LogP contribution >= 0.6 is 11.3 Å². The van der Waals surface area contributed by atoms with Crippen LogP contribution in [0.2, 0.25) is 0 Å². The molecule has 3 nitrogen and oxygen atoms in total. The molecular weight excluding hydrogens is 304 g/mol. The molecule has 23 heavy (non-hydrogen) atoms. The van der Waals surface area contributed by atoms with E-state index < -0.39 is 0 Å². The van der Waals surface area contributed by atoms with Crippen molar-refractivity contribution in [2.45, 2.75) is 45.1 Å². The average Bonchev–Trinajstić information content (AvgIpc) is 2.98. The molecule has 1 saturated heterocycles. The smallest absolute Gasteiger partial charge is 0.222 e. The zero-order valence-corrected chi connectivity index (χ0v) is 14.6. The Hall–Kier alpha value is -1.39. The highest BCUT2D eigenvalue weighted by Gasteiger charge is 2.24. The molecule has 0 spiro atoms. The van der Waals surface area contributed by atoms with Crippen molar-refractivity contribution in [3.05, 3.63) is 35.2 Å². The Morgan fingerprint density at radius 1 is 1.35 bits per heavy atom. The lowest BCUT2D eigenvalue weighted by Gasteiger charge is -2.33. The van der Waals surface area contributed by atoms with Gasteiger partial charge in [0.25, 0.3) is 0 Å². The van der Waals surface area contributed by atoms with Crippen LogP contribution in [0, 0.1) is 5.92 Å². The maximum Gasteiger partial charge on any atom is 0.222 e. The number of likely N-dealkylation sites (tertiary alicyclic amines) is 1. The Morgan fingerprint density at radius 3 is 2.83 bits per heavy atom. The predicted molar refractivity (Wildman–Crippen MR) is 97.7 cm³/mol. The summed E-state index contributed by atoms with van der Waals surface area (Å²) in [7, 11) is 0. The number of hydrogen-bond donors (Lipinski definition) is 1. The number of carbonyl (C=O) groups excluding carboxylic acids is 1. The Labute approximate surface area is 142 Å². The molecule has 0 saturated carbocycles. The molecule has 1 aliphatic heterocycles. The summed E-state index contributed by atoms with van der Waals surface area (Å²) in [4.78, 5) is 14.4. The molecule has 1 aromatic carbocycles. The number of benzene rings is 1. The summed E-state index contributed by atoms with van der Waals surface area (Å²) < 4.78 is 1.34. The maximum absolute atomic E-state index is 12.4. The molecule has 0 bridgehead atoms. The molecular formula is C19H26N2OS. The zero-order chi connectivity index (χ0) is 16.2. The number of nitrogens with two attached hydrogens (primary N) is 1. The minimum absolute atomic E-state index is 0.249. The van der Waals surface area contributed by atoms with Crippen molar-refractivity contribution < 1.29 is 4.79 Å². The van der Waals surface area contributed by atoms with Gasteiger partial charge in [0, 0.05) is 30.3 Å². The van der Waals surface area contributed by atoms with Crippen molar-refractivity contribution in [3.8, 4) is 0 Å². The van der Waals surface area contributed by atoms with E-state index in [1.54, 1.807) is 11.3 Å². The zero-order valence-electron chi connectivity index (χ0n) is 13.8. The molecule has 1 fully saturated rings. The van der Waals surface area contributed by atoms with Crippen LogP contribution in [0.5, 0.6) is 0 Å². The summed E-state index contributed by atoms with van der Waals surface area (Å²) in [5.74, 6) is 0.892. The van der Waals surface area contributed by atoms with E-state index in [-0.39, 0.29) is 6.04 Å². The second kappa shape index (κ2) is 7.45. The molecule has 1 aliphatic rings. The van der Waals surface area contributed by atoms with Crippen LogP contribution in [0.15, 0.2) is 29.6 Å². The minimum atomic E-state index is 0.249. The fraction of sp³-hybridized carbons (Fsp3) is 0.526. The number of thiophene rings is 1. The molecule has 3 rings (SSSR count). The van der Waals surface area contributed by atoms with Crippen molar-refractivity contribution in [3.63, 3.8) is 0 Å². The molecule has 1 atom stereocenters.